The molecular weight excluding hydrogens is 352 g/mol. The second-order valence-electron chi connectivity index (χ2n) is 7.50. The summed E-state index contributed by atoms with van der Waals surface area (Å²) >= 11 is 0. The topological polar surface area (TPSA) is 65.5 Å². The van der Waals surface area contributed by atoms with Crippen LogP contribution in [-0.4, -0.2) is 48.4 Å². The number of rotatable bonds is 6. The summed E-state index contributed by atoms with van der Waals surface area (Å²) in [6.45, 7) is 4.81. The van der Waals surface area contributed by atoms with Gasteiger partial charge in [0, 0.05) is 38.4 Å². The molecule has 1 fully saturated rings. The highest BCUT2D eigenvalue weighted by Crippen LogP contribution is 2.21. The van der Waals surface area contributed by atoms with E-state index in [0.29, 0.717) is 12.1 Å². The van der Waals surface area contributed by atoms with Gasteiger partial charge in [-0.2, -0.15) is 0 Å². The quantitative estimate of drug-likeness (QED) is 0.837. The van der Waals surface area contributed by atoms with Crippen LogP contribution in [0.15, 0.2) is 48.7 Å². The van der Waals surface area contributed by atoms with Crippen LogP contribution in [0.4, 0.5) is 5.82 Å². The van der Waals surface area contributed by atoms with E-state index < -0.39 is 0 Å². The number of hydrogen-bond acceptors (Lipinski definition) is 4. The predicted octanol–water partition coefficient (Wildman–Crippen LogP) is 2.71. The lowest BCUT2D eigenvalue weighted by Crippen LogP contribution is -2.38. The summed E-state index contributed by atoms with van der Waals surface area (Å²) in [5.41, 5.74) is 1.52. The number of amides is 2. The molecule has 2 aromatic rings. The maximum Gasteiger partial charge on any atom is 0.254 e. The number of benzene rings is 1. The Morgan fingerprint density at radius 1 is 1.14 bits per heavy atom. The van der Waals surface area contributed by atoms with Gasteiger partial charge in [-0.25, -0.2) is 4.98 Å². The third kappa shape index (κ3) is 5.31. The summed E-state index contributed by atoms with van der Waals surface area (Å²) < 4.78 is 0. The highest BCUT2D eigenvalue weighted by molar-refractivity contribution is 5.96. The number of nitrogens with one attached hydrogen (secondary N) is 1. The van der Waals surface area contributed by atoms with E-state index in [2.05, 4.69) is 22.1 Å². The van der Waals surface area contributed by atoms with Crippen molar-refractivity contribution in [2.75, 3.05) is 31.6 Å². The molecule has 0 saturated carbocycles. The smallest absolute Gasteiger partial charge is 0.254 e. The van der Waals surface area contributed by atoms with E-state index in [1.54, 1.807) is 19.2 Å². The molecule has 0 atom stereocenters. The van der Waals surface area contributed by atoms with Crippen molar-refractivity contribution < 1.29 is 9.59 Å². The number of aromatic nitrogens is 1. The van der Waals surface area contributed by atoms with Gasteiger partial charge < -0.3 is 15.1 Å². The van der Waals surface area contributed by atoms with Gasteiger partial charge in [0.15, 0.2) is 0 Å². The van der Waals surface area contributed by atoms with Crippen LogP contribution in [-0.2, 0) is 11.3 Å². The highest BCUT2D eigenvalue weighted by atomic mass is 16.2. The van der Waals surface area contributed by atoms with Gasteiger partial charge in [0.05, 0.1) is 6.54 Å². The fraction of sp³-hybridized carbons (Fsp3) is 0.409. The maximum absolute atomic E-state index is 12.3. The molecule has 148 valence electrons. The molecule has 1 aromatic heterocycles. The molecule has 1 aliphatic rings. The fourth-order valence-electron chi connectivity index (χ4n) is 3.29. The SMILES string of the molecule is CC1CCN(c2ccc(CNC(=O)CN(C)C(=O)c3ccccc3)cn2)CC1. The molecule has 6 heteroatoms. The minimum Gasteiger partial charge on any atom is -0.357 e. The average molecular weight is 380 g/mol. The molecule has 0 radical (unpaired) electrons. The van der Waals surface area contributed by atoms with Crippen LogP contribution >= 0.6 is 0 Å². The second kappa shape index (κ2) is 9.35. The summed E-state index contributed by atoms with van der Waals surface area (Å²) in [5, 5.41) is 2.85. The van der Waals surface area contributed by atoms with Gasteiger partial charge in [-0.3, -0.25) is 9.59 Å². The lowest BCUT2D eigenvalue weighted by molar-refractivity contribution is -0.121. The Bertz CT molecular complexity index is 784. The van der Waals surface area contributed by atoms with Crippen LogP contribution in [0.25, 0.3) is 0 Å². The third-order valence-corrected chi connectivity index (χ3v) is 5.15. The number of carbonyl (C=O) groups is 2. The molecule has 0 spiro atoms. The van der Waals surface area contributed by atoms with Gasteiger partial charge in [-0.15, -0.1) is 0 Å². The molecule has 0 aliphatic carbocycles. The Labute approximate surface area is 166 Å². The molecule has 1 N–H and O–H groups in total. The average Bonchev–Trinajstić information content (AvgIpc) is 2.73. The Morgan fingerprint density at radius 3 is 2.50 bits per heavy atom. The lowest BCUT2D eigenvalue weighted by Gasteiger charge is -2.31. The summed E-state index contributed by atoms with van der Waals surface area (Å²) in [4.78, 5) is 32.7. The Hall–Kier alpha value is -2.89. The summed E-state index contributed by atoms with van der Waals surface area (Å²) in [5.74, 6) is 1.42. The van der Waals surface area contributed by atoms with Crippen LogP contribution in [0.1, 0.15) is 35.7 Å². The monoisotopic (exact) mass is 380 g/mol. The first-order valence-corrected chi connectivity index (χ1v) is 9.80. The van der Waals surface area contributed by atoms with Gasteiger partial charge in [-0.05, 0) is 42.5 Å². The number of anilines is 1. The van der Waals surface area contributed by atoms with Crippen molar-refractivity contribution in [2.24, 2.45) is 5.92 Å². The summed E-state index contributed by atoms with van der Waals surface area (Å²) in [6, 6.07) is 13.0. The number of piperidine rings is 1. The number of likely N-dealkylation sites (N-methyl/N-ethyl adjacent to an activating group) is 1. The van der Waals surface area contributed by atoms with E-state index >= 15 is 0 Å². The standard InChI is InChI=1S/C22H28N4O2/c1-17-10-12-26(13-11-17)20-9-8-18(14-23-20)15-24-21(27)16-25(2)22(28)19-6-4-3-5-7-19/h3-9,14,17H,10-13,15-16H2,1-2H3,(H,24,27). The van der Waals surface area contributed by atoms with Crippen molar-refractivity contribution in [1.82, 2.24) is 15.2 Å². The molecule has 1 aromatic carbocycles. The maximum atomic E-state index is 12.3. The van der Waals surface area contributed by atoms with Crippen LogP contribution in [0.2, 0.25) is 0 Å². The van der Waals surface area contributed by atoms with E-state index in [4.69, 9.17) is 0 Å². The number of hydrogen-bond donors (Lipinski definition) is 1. The Balaban J connectivity index is 1.46. The lowest BCUT2D eigenvalue weighted by atomic mass is 9.99. The predicted molar refractivity (Wildman–Crippen MR) is 110 cm³/mol. The molecular formula is C22H28N4O2. The zero-order chi connectivity index (χ0) is 19.9. The largest absolute Gasteiger partial charge is 0.357 e. The zero-order valence-corrected chi connectivity index (χ0v) is 16.6. The minimum absolute atomic E-state index is 0.0190. The molecule has 0 unspecified atom stereocenters. The van der Waals surface area contributed by atoms with E-state index in [9.17, 15) is 9.59 Å². The Kier molecular flexibility index (Phi) is 6.63. The van der Waals surface area contributed by atoms with Crippen LogP contribution in [0.5, 0.6) is 0 Å². The molecule has 2 amide bonds. The zero-order valence-electron chi connectivity index (χ0n) is 16.6. The molecule has 1 saturated heterocycles. The van der Waals surface area contributed by atoms with Gasteiger partial charge in [0.2, 0.25) is 5.91 Å². The van der Waals surface area contributed by atoms with Gasteiger partial charge >= 0.3 is 0 Å². The van der Waals surface area contributed by atoms with Gasteiger partial charge in [0.1, 0.15) is 5.82 Å². The van der Waals surface area contributed by atoms with Crippen molar-refractivity contribution in [3.8, 4) is 0 Å². The van der Waals surface area contributed by atoms with Crippen LogP contribution < -0.4 is 10.2 Å². The number of pyridine rings is 1. The molecule has 6 nitrogen and oxygen atoms in total. The fourth-order valence-corrected chi connectivity index (χ4v) is 3.29. The van der Waals surface area contributed by atoms with Gasteiger partial charge in [0.25, 0.3) is 5.91 Å². The van der Waals surface area contributed by atoms with Crippen LogP contribution in [0, 0.1) is 5.92 Å². The molecule has 2 heterocycles. The van der Waals surface area contributed by atoms with E-state index in [0.717, 1.165) is 30.4 Å². The number of carbonyl (C=O) groups excluding carboxylic acids is 2. The molecule has 3 rings (SSSR count). The van der Waals surface area contributed by atoms with Crippen molar-refractivity contribution >= 4 is 17.6 Å². The summed E-state index contributed by atoms with van der Waals surface area (Å²) in [7, 11) is 1.63. The second-order valence-corrected chi connectivity index (χ2v) is 7.50. The normalized spacial score (nSPS) is 14.6. The van der Waals surface area contributed by atoms with E-state index in [1.807, 2.05) is 36.5 Å². The molecule has 1 aliphatic heterocycles. The summed E-state index contributed by atoms with van der Waals surface area (Å²) in [6.07, 6.45) is 4.22. The van der Waals surface area contributed by atoms with Crippen LogP contribution in [0.3, 0.4) is 0 Å². The van der Waals surface area contributed by atoms with Crippen molar-refractivity contribution in [3.63, 3.8) is 0 Å². The molecule has 0 bridgehead atoms. The van der Waals surface area contributed by atoms with Crippen molar-refractivity contribution in [1.29, 1.82) is 0 Å². The van der Waals surface area contributed by atoms with E-state index in [-0.39, 0.29) is 18.4 Å². The molecule has 28 heavy (non-hydrogen) atoms. The first-order valence-electron chi connectivity index (χ1n) is 9.80. The first-order chi connectivity index (χ1) is 13.5. The van der Waals surface area contributed by atoms with E-state index in [1.165, 1.54) is 17.7 Å². The van der Waals surface area contributed by atoms with Crippen molar-refractivity contribution in [2.45, 2.75) is 26.3 Å². The highest BCUT2D eigenvalue weighted by Gasteiger charge is 2.17. The minimum atomic E-state index is -0.194. The Morgan fingerprint density at radius 2 is 1.86 bits per heavy atom. The third-order valence-electron chi connectivity index (χ3n) is 5.15. The van der Waals surface area contributed by atoms with Crippen molar-refractivity contribution in [3.05, 3.63) is 59.8 Å². The first kappa shape index (κ1) is 19.9. The number of nitrogens with zero attached hydrogens (tertiary/aromatic N) is 3. The van der Waals surface area contributed by atoms with Gasteiger partial charge in [-0.1, -0.05) is 31.2 Å².